The Kier molecular flexibility index (Phi) is 4.15. The Morgan fingerprint density at radius 3 is 2.65 bits per heavy atom. The van der Waals surface area contributed by atoms with Crippen LogP contribution in [0.15, 0.2) is 36.4 Å². The van der Waals surface area contributed by atoms with E-state index >= 15 is 0 Å². The van der Waals surface area contributed by atoms with E-state index in [1.54, 1.807) is 36.4 Å². The van der Waals surface area contributed by atoms with Crippen molar-refractivity contribution in [1.82, 2.24) is 0 Å². The Hall–Kier alpha value is -2.20. The van der Waals surface area contributed by atoms with Crippen molar-refractivity contribution in [1.29, 1.82) is 0 Å². The Morgan fingerprint density at radius 1 is 1.25 bits per heavy atom. The van der Waals surface area contributed by atoms with Crippen LogP contribution in [0.5, 0.6) is 5.75 Å². The number of amides is 1. The summed E-state index contributed by atoms with van der Waals surface area (Å²) in [6.07, 6.45) is 0. The number of nitrogens with two attached hydrogens (primary N) is 1. The largest absolute Gasteiger partial charge is 0.495 e. The van der Waals surface area contributed by atoms with Gasteiger partial charge in [-0.3, -0.25) is 4.79 Å². The fourth-order valence-corrected chi connectivity index (χ4v) is 2.08. The molecule has 104 valence electrons. The number of hydrogen-bond donors (Lipinski definition) is 2. The van der Waals surface area contributed by atoms with Gasteiger partial charge in [-0.2, -0.15) is 0 Å². The highest BCUT2D eigenvalue weighted by atomic mass is 35.5. The maximum absolute atomic E-state index is 12.3. The van der Waals surface area contributed by atoms with E-state index in [0.29, 0.717) is 27.7 Å². The molecular formula is C15H15ClN2O2. The second kappa shape index (κ2) is 5.84. The third-order valence-corrected chi connectivity index (χ3v) is 3.14. The number of nitrogen functional groups attached to an aromatic ring is 1. The van der Waals surface area contributed by atoms with Crippen LogP contribution >= 0.6 is 11.6 Å². The Bertz CT molecular complexity index is 656. The molecule has 4 nitrogen and oxygen atoms in total. The minimum Gasteiger partial charge on any atom is -0.495 e. The van der Waals surface area contributed by atoms with Crippen LogP contribution in [0.3, 0.4) is 0 Å². The average molecular weight is 291 g/mol. The molecular weight excluding hydrogens is 276 g/mol. The summed E-state index contributed by atoms with van der Waals surface area (Å²) in [5, 5.41) is 3.31. The maximum Gasteiger partial charge on any atom is 0.256 e. The topological polar surface area (TPSA) is 64.3 Å². The van der Waals surface area contributed by atoms with Gasteiger partial charge in [0.15, 0.2) is 0 Å². The summed E-state index contributed by atoms with van der Waals surface area (Å²) in [4.78, 5) is 12.3. The molecule has 2 aromatic carbocycles. The molecule has 5 heteroatoms. The van der Waals surface area contributed by atoms with Gasteiger partial charge in [0, 0.05) is 16.3 Å². The zero-order valence-electron chi connectivity index (χ0n) is 11.2. The molecule has 0 aromatic heterocycles. The molecule has 0 bridgehead atoms. The zero-order valence-corrected chi connectivity index (χ0v) is 12.0. The smallest absolute Gasteiger partial charge is 0.256 e. The van der Waals surface area contributed by atoms with Gasteiger partial charge in [-0.15, -0.1) is 0 Å². The van der Waals surface area contributed by atoms with Crippen LogP contribution in [0.4, 0.5) is 11.4 Å². The SMILES string of the molecule is COc1ccc(Cl)cc1NC(=O)c1ccc(N)cc1C. The molecule has 0 unspecified atom stereocenters. The average Bonchev–Trinajstić information content (AvgIpc) is 2.38. The molecule has 0 aliphatic heterocycles. The van der Waals surface area contributed by atoms with Crippen molar-refractivity contribution < 1.29 is 9.53 Å². The Balaban J connectivity index is 2.30. The van der Waals surface area contributed by atoms with E-state index in [2.05, 4.69) is 5.32 Å². The van der Waals surface area contributed by atoms with Gasteiger partial charge in [-0.25, -0.2) is 0 Å². The van der Waals surface area contributed by atoms with Gasteiger partial charge in [-0.1, -0.05) is 11.6 Å². The molecule has 20 heavy (non-hydrogen) atoms. The first-order chi connectivity index (χ1) is 9.51. The van der Waals surface area contributed by atoms with E-state index in [-0.39, 0.29) is 5.91 Å². The Morgan fingerprint density at radius 2 is 2.00 bits per heavy atom. The van der Waals surface area contributed by atoms with E-state index in [1.807, 2.05) is 6.92 Å². The van der Waals surface area contributed by atoms with Gasteiger partial charge in [0.05, 0.1) is 12.8 Å². The van der Waals surface area contributed by atoms with Crippen molar-refractivity contribution >= 4 is 28.9 Å². The molecule has 0 saturated carbocycles. The number of aryl methyl sites for hydroxylation is 1. The quantitative estimate of drug-likeness (QED) is 0.851. The molecule has 0 atom stereocenters. The van der Waals surface area contributed by atoms with Crippen molar-refractivity contribution in [2.45, 2.75) is 6.92 Å². The maximum atomic E-state index is 12.3. The van der Waals surface area contributed by atoms with E-state index in [9.17, 15) is 4.79 Å². The van der Waals surface area contributed by atoms with E-state index in [4.69, 9.17) is 22.1 Å². The second-order valence-corrected chi connectivity index (χ2v) is 4.81. The van der Waals surface area contributed by atoms with Gasteiger partial charge in [0.25, 0.3) is 5.91 Å². The summed E-state index contributed by atoms with van der Waals surface area (Å²) in [6, 6.07) is 10.2. The minimum absolute atomic E-state index is 0.233. The number of methoxy groups -OCH3 is 1. The third-order valence-electron chi connectivity index (χ3n) is 2.90. The molecule has 0 saturated heterocycles. The molecule has 0 aliphatic rings. The highest BCUT2D eigenvalue weighted by molar-refractivity contribution is 6.31. The number of nitrogens with one attached hydrogen (secondary N) is 1. The lowest BCUT2D eigenvalue weighted by atomic mass is 10.1. The predicted octanol–water partition coefficient (Wildman–Crippen LogP) is 3.49. The van der Waals surface area contributed by atoms with Crippen LogP contribution in [-0.4, -0.2) is 13.0 Å². The van der Waals surface area contributed by atoms with Gasteiger partial charge in [-0.05, 0) is 48.9 Å². The molecule has 2 aromatic rings. The van der Waals surface area contributed by atoms with Gasteiger partial charge in [0.1, 0.15) is 5.75 Å². The van der Waals surface area contributed by atoms with E-state index in [1.165, 1.54) is 7.11 Å². The number of carbonyl (C=O) groups is 1. The fourth-order valence-electron chi connectivity index (χ4n) is 1.91. The van der Waals surface area contributed by atoms with E-state index < -0.39 is 0 Å². The minimum atomic E-state index is -0.233. The zero-order chi connectivity index (χ0) is 14.7. The highest BCUT2D eigenvalue weighted by Gasteiger charge is 2.12. The fraction of sp³-hybridized carbons (Fsp3) is 0.133. The standard InChI is InChI=1S/C15H15ClN2O2/c1-9-7-11(17)4-5-12(9)15(19)18-13-8-10(16)3-6-14(13)20-2/h3-8H,17H2,1-2H3,(H,18,19). The van der Waals surface area contributed by atoms with Crippen LogP contribution in [0, 0.1) is 6.92 Å². The first-order valence-electron chi connectivity index (χ1n) is 6.02. The molecule has 2 rings (SSSR count). The van der Waals surface area contributed by atoms with Gasteiger partial charge >= 0.3 is 0 Å². The lowest BCUT2D eigenvalue weighted by molar-refractivity contribution is 0.102. The van der Waals surface area contributed by atoms with Crippen molar-refractivity contribution in [3.05, 3.63) is 52.5 Å². The number of hydrogen-bond acceptors (Lipinski definition) is 3. The van der Waals surface area contributed by atoms with Crippen LogP contribution in [0.1, 0.15) is 15.9 Å². The first kappa shape index (κ1) is 14.2. The number of ether oxygens (including phenoxy) is 1. The molecule has 0 spiro atoms. The number of carbonyl (C=O) groups excluding carboxylic acids is 1. The van der Waals surface area contributed by atoms with Crippen molar-refractivity contribution in [3.63, 3.8) is 0 Å². The summed E-state index contributed by atoms with van der Waals surface area (Å²) in [5.74, 6) is 0.318. The first-order valence-corrected chi connectivity index (χ1v) is 6.40. The summed E-state index contributed by atoms with van der Waals surface area (Å²) in [7, 11) is 1.54. The molecule has 0 radical (unpaired) electrons. The number of rotatable bonds is 3. The molecule has 1 amide bonds. The van der Waals surface area contributed by atoms with Crippen molar-refractivity contribution in [2.75, 3.05) is 18.2 Å². The predicted molar refractivity (Wildman–Crippen MR) is 81.5 cm³/mol. The lowest BCUT2D eigenvalue weighted by Crippen LogP contribution is -2.14. The normalized spacial score (nSPS) is 10.2. The monoisotopic (exact) mass is 290 g/mol. The Labute approximate surface area is 122 Å². The van der Waals surface area contributed by atoms with Gasteiger partial charge < -0.3 is 15.8 Å². The summed E-state index contributed by atoms with van der Waals surface area (Å²) in [5.41, 5.74) is 8.20. The third kappa shape index (κ3) is 3.03. The number of benzene rings is 2. The highest BCUT2D eigenvalue weighted by Crippen LogP contribution is 2.28. The van der Waals surface area contributed by atoms with Crippen molar-refractivity contribution in [2.24, 2.45) is 0 Å². The summed E-state index contributed by atoms with van der Waals surface area (Å²) in [6.45, 7) is 1.83. The van der Waals surface area contributed by atoms with Crippen molar-refractivity contribution in [3.8, 4) is 5.75 Å². The molecule has 3 N–H and O–H groups in total. The van der Waals surface area contributed by atoms with Crippen LogP contribution in [0.25, 0.3) is 0 Å². The summed E-state index contributed by atoms with van der Waals surface area (Å²) >= 11 is 5.93. The molecule has 0 fully saturated rings. The number of halogens is 1. The lowest BCUT2D eigenvalue weighted by Gasteiger charge is -2.12. The second-order valence-electron chi connectivity index (χ2n) is 4.37. The van der Waals surface area contributed by atoms with Gasteiger partial charge in [0.2, 0.25) is 0 Å². The van der Waals surface area contributed by atoms with Crippen LogP contribution < -0.4 is 15.8 Å². The van der Waals surface area contributed by atoms with E-state index in [0.717, 1.165) is 5.56 Å². The molecule has 0 aliphatic carbocycles. The summed E-state index contributed by atoms with van der Waals surface area (Å²) < 4.78 is 5.19. The molecule has 0 heterocycles. The number of anilines is 2. The van der Waals surface area contributed by atoms with Crippen LogP contribution in [0.2, 0.25) is 5.02 Å². The van der Waals surface area contributed by atoms with Crippen LogP contribution in [-0.2, 0) is 0 Å².